The van der Waals surface area contributed by atoms with E-state index in [2.05, 4.69) is 0 Å². The van der Waals surface area contributed by atoms with Crippen molar-refractivity contribution in [3.8, 4) is 0 Å². The molecule has 1 fully saturated rings. The van der Waals surface area contributed by atoms with E-state index < -0.39 is 48.4 Å². The number of aliphatic hydroxyl groups excluding tert-OH is 2. The van der Waals surface area contributed by atoms with Gasteiger partial charge in [-0.05, 0) is 6.92 Å². The van der Waals surface area contributed by atoms with Gasteiger partial charge in [0.05, 0.1) is 12.7 Å². The Labute approximate surface area is 115 Å². The van der Waals surface area contributed by atoms with Gasteiger partial charge in [-0.3, -0.25) is 14.3 Å². The van der Waals surface area contributed by atoms with E-state index in [0.717, 1.165) is 6.20 Å². The number of aromatic nitrogens is 2. The summed E-state index contributed by atoms with van der Waals surface area (Å²) in [6.07, 6.45) is -9.21. The number of H-pyrrole nitrogens is 1. The summed E-state index contributed by atoms with van der Waals surface area (Å²) in [5, 5.41) is 18.8. The number of hydrogen-bond acceptors (Lipinski definition) is 5. The molecule has 1 aromatic rings. The van der Waals surface area contributed by atoms with Crippen molar-refractivity contribution in [2.24, 2.45) is 5.92 Å². The fourth-order valence-corrected chi connectivity index (χ4v) is 2.31. The van der Waals surface area contributed by atoms with Gasteiger partial charge in [-0.25, -0.2) is 4.79 Å². The van der Waals surface area contributed by atoms with Crippen LogP contribution in [0.15, 0.2) is 15.8 Å². The first-order valence-corrected chi connectivity index (χ1v) is 6.00. The summed E-state index contributed by atoms with van der Waals surface area (Å²) in [7, 11) is 0. The van der Waals surface area contributed by atoms with E-state index in [4.69, 9.17) is 9.84 Å². The summed E-state index contributed by atoms with van der Waals surface area (Å²) in [6, 6.07) is 0. The van der Waals surface area contributed by atoms with Crippen molar-refractivity contribution < 1.29 is 28.1 Å². The number of hydrogen-bond donors (Lipinski definition) is 3. The van der Waals surface area contributed by atoms with Crippen molar-refractivity contribution in [1.82, 2.24) is 9.55 Å². The molecule has 0 radical (unpaired) electrons. The van der Waals surface area contributed by atoms with Gasteiger partial charge < -0.3 is 14.9 Å². The predicted molar refractivity (Wildman–Crippen MR) is 62.6 cm³/mol. The van der Waals surface area contributed by atoms with Crippen LogP contribution in [0.4, 0.5) is 13.2 Å². The lowest BCUT2D eigenvalue weighted by molar-refractivity contribution is -0.205. The Morgan fingerprint density at radius 1 is 1.43 bits per heavy atom. The maximum atomic E-state index is 12.9. The summed E-state index contributed by atoms with van der Waals surface area (Å²) in [5.74, 6) is -2.33. The van der Waals surface area contributed by atoms with Crippen LogP contribution in [-0.4, -0.2) is 44.8 Å². The topological polar surface area (TPSA) is 105 Å². The van der Waals surface area contributed by atoms with Crippen molar-refractivity contribution in [3.63, 3.8) is 0 Å². The van der Waals surface area contributed by atoms with Gasteiger partial charge in [0.1, 0.15) is 12.0 Å². The van der Waals surface area contributed by atoms with Gasteiger partial charge in [0.15, 0.2) is 6.23 Å². The quantitative estimate of drug-likeness (QED) is 0.668. The molecule has 0 unspecified atom stereocenters. The number of ether oxygens (including phenoxy) is 1. The molecule has 2 heterocycles. The molecule has 0 aliphatic carbocycles. The molecule has 3 N–H and O–H groups in total. The third kappa shape index (κ3) is 2.74. The van der Waals surface area contributed by atoms with Crippen LogP contribution in [0.3, 0.4) is 0 Å². The summed E-state index contributed by atoms with van der Waals surface area (Å²) in [4.78, 5) is 24.8. The number of aliphatic hydroxyl groups is 2. The highest BCUT2D eigenvalue weighted by atomic mass is 19.4. The van der Waals surface area contributed by atoms with Gasteiger partial charge in [0.2, 0.25) is 0 Å². The van der Waals surface area contributed by atoms with Crippen molar-refractivity contribution in [2.75, 3.05) is 6.61 Å². The zero-order valence-corrected chi connectivity index (χ0v) is 10.8. The lowest BCUT2D eigenvalue weighted by Gasteiger charge is -2.22. The fourth-order valence-electron chi connectivity index (χ4n) is 2.31. The average molecular weight is 310 g/mol. The van der Waals surface area contributed by atoms with Gasteiger partial charge in [-0.15, -0.1) is 0 Å². The molecule has 2 rings (SSSR count). The Kier molecular flexibility index (Phi) is 3.95. The number of nitrogens with one attached hydrogen (secondary N) is 1. The average Bonchev–Trinajstić information content (AvgIpc) is 2.70. The van der Waals surface area contributed by atoms with Crippen LogP contribution in [0.25, 0.3) is 0 Å². The van der Waals surface area contributed by atoms with E-state index in [1.54, 1.807) is 0 Å². The van der Waals surface area contributed by atoms with Gasteiger partial charge in [-0.1, -0.05) is 0 Å². The van der Waals surface area contributed by atoms with E-state index in [9.17, 15) is 27.9 Å². The molecule has 118 valence electrons. The summed E-state index contributed by atoms with van der Waals surface area (Å²) in [5.41, 5.74) is -1.62. The van der Waals surface area contributed by atoms with Gasteiger partial charge in [0, 0.05) is 11.8 Å². The Morgan fingerprint density at radius 2 is 2.05 bits per heavy atom. The Morgan fingerprint density at radius 3 is 2.52 bits per heavy atom. The number of halogens is 3. The molecule has 0 spiro atoms. The highest BCUT2D eigenvalue weighted by Crippen LogP contribution is 2.42. The molecule has 4 atom stereocenters. The molecular formula is C11H13F3N2O5. The molecule has 0 aromatic carbocycles. The number of alkyl halides is 3. The predicted octanol–water partition coefficient (Wildman–Crippen LogP) is -0.726. The lowest BCUT2D eigenvalue weighted by atomic mass is 9.97. The van der Waals surface area contributed by atoms with Crippen molar-refractivity contribution in [2.45, 2.75) is 31.5 Å². The van der Waals surface area contributed by atoms with Crippen molar-refractivity contribution in [3.05, 3.63) is 32.6 Å². The third-order valence-corrected chi connectivity index (χ3v) is 3.35. The summed E-state index contributed by atoms with van der Waals surface area (Å²) in [6.45, 7) is 0.385. The van der Waals surface area contributed by atoms with E-state index in [0.29, 0.717) is 4.57 Å². The highest BCUT2D eigenvalue weighted by Gasteiger charge is 2.57. The second-order valence-corrected chi connectivity index (χ2v) is 4.78. The molecule has 21 heavy (non-hydrogen) atoms. The van der Waals surface area contributed by atoms with Gasteiger partial charge in [-0.2, -0.15) is 13.2 Å². The second-order valence-electron chi connectivity index (χ2n) is 4.78. The standard InChI is InChI=1S/C11H13F3N2O5/c1-4-2-16(10(20)15-8(4)19)9-7(18)6(11(12,13)14)5(3-17)21-9/h2,5-7,9,17-18H,3H2,1H3,(H,15,19,20)/t5-,6+,7-,9-/m1/s1. The molecule has 0 bridgehead atoms. The van der Waals surface area contributed by atoms with Crippen molar-refractivity contribution >= 4 is 0 Å². The summed E-state index contributed by atoms with van der Waals surface area (Å²) < 4.78 is 44.3. The maximum Gasteiger partial charge on any atom is 0.397 e. The molecule has 1 aliphatic heterocycles. The Bertz CT molecular complexity index is 638. The van der Waals surface area contributed by atoms with Crippen molar-refractivity contribution in [1.29, 1.82) is 0 Å². The van der Waals surface area contributed by atoms with Crippen LogP contribution in [0, 0.1) is 12.8 Å². The SMILES string of the molecule is Cc1cn([C@@H]2O[C@H](CO)[C@H](C(F)(F)F)[C@H]2O)c(=O)[nH]c1=O. The highest BCUT2D eigenvalue weighted by molar-refractivity contribution is 5.03. The minimum atomic E-state index is -4.80. The molecule has 10 heteroatoms. The molecular weight excluding hydrogens is 297 g/mol. The molecule has 1 aliphatic rings. The molecule has 0 amide bonds. The largest absolute Gasteiger partial charge is 0.397 e. The van der Waals surface area contributed by atoms with Crippen LogP contribution in [0.1, 0.15) is 11.8 Å². The fraction of sp³-hybridized carbons (Fsp3) is 0.636. The zero-order chi connectivity index (χ0) is 15.9. The van der Waals surface area contributed by atoms with E-state index in [-0.39, 0.29) is 5.56 Å². The lowest BCUT2D eigenvalue weighted by Crippen LogP contribution is -2.41. The number of aryl methyl sites for hydroxylation is 1. The molecule has 1 aromatic heterocycles. The van der Waals surface area contributed by atoms with Crippen LogP contribution in [0.2, 0.25) is 0 Å². The Hall–Kier alpha value is -1.65. The Balaban J connectivity index is 2.45. The first-order chi connectivity index (χ1) is 9.66. The number of rotatable bonds is 2. The second kappa shape index (κ2) is 5.28. The monoisotopic (exact) mass is 310 g/mol. The van der Waals surface area contributed by atoms with E-state index >= 15 is 0 Å². The first-order valence-electron chi connectivity index (χ1n) is 6.00. The zero-order valence-electron chi connectivity index (χ0n) is 10.8. The minimum absolute atomic E-state index is 0.0707. The normalized spacial score (nSPS) is 29.8. The smallest absolute Gasteiger partial charge is 0.394 e. The molecule has 0 saturated carbocycles. The molecule has 1 saturated heterocycles. The first kappa shape index (κ1) is 15.7. The van der Waals surface area contributed by atoms with Crippen LogP contribution in [-0.2, 0) is 4.74 Å². The minimum Gasteiger partial charge on any atom is -0.394 e. The molecule has 7 nitrogen and oxygen atoms in total. The third-order valence-electron chi connectivity index (χ3n) is 3.35. The maximum absolute atomic E-state index is 12.9. The van der Waals surface area contributed by atoms with Crippen LogP contribution in [0.5, 0.6) is 0 Å². The van der Waals surface area contributed by atoms with Gasteiger partial charge >= 0.3 is 11.9 Å². The van der Waals surface area contributed by atoms with Gasteiger partial charge in [0.25, 0.3) is 5.56 Å². The van der Waals surface area contributed by atoms with Crippen LogP contribution >= 0.6 is 0 Å². The summed E-state index contributed by atoms with van der Waals surface area (Å²) >= 11 is 0. The van der Waals surface area contributed by atoms with Crippen LogP contribution < -0.4 is 11.2 Å². The van der Waals surface area contributed by atoms with E-state index in [1.807, 2.05) is 4.98 Å². The van der Waals surface area contributed by atoms with E-state index in [1.165, 1.54) is 6.92 Å². The number of nitrogens with zero attached hydrogens (tertiary/aromatic N) is 1. The number of aromatic amines is 1.